The number of hydrogen-bond acceptors (Lipinski definition) is 6. The summed E-state index contributed by atoms with van der Waals surface area (Å²) in [4.78, 5) is -0.525. The molecule has 0 aromatic heterocycles. The van der Waals surface area contributed by atoms with Crippen LogP contribution in [0, 0.1) is 0 Å². The minimum absolute atomic E-state index is 0.249. The quantitative estimate of drug-likeness (QED) is 0.138. The predicted molar refractivity (Wildman–Crippen MR) is 166 cm³/mol. The third kappa shape index (κ3) is 5.19. The van der Waals surface area contributed by atoms with E-state index in [1.54, 1.807) is 42.5 Å². The Morgan fingerprint density at radius 2 is 0.976 bits per heavy atom. The molecule has 0 radical (unpaired) electrons. The minimum Gasteiger partial charge on any atom is -0.354 e. The van der Waals surface area contributed by atoms with Crippen LogP contribution >= 0.6 is 0 Å². The minimum atomic E-state index is -4.62. The Morgan fingerprint density at radius 3 is 1.57 bits per heavy atom. The van der Waals surface area contributed by atoms with E-state index in [0.717, 1.165) is 11.4 Å². The molecule has 0 fully saturated rings. The summed E-state index contributed by atoms with van der Waals surface area (Å²) in [6, 6.07) is 34.7. The van der Waals surface area contributed by atoms with Crippen molar-refractivity contribution in [2.45, 2.75) is 9.79 Å². The fourth-order valence-corrected chi connectivity index (χ4v) is 6.60. The van der Waals surface area contributed by atoms with Crippen LogP contribution in [-0.2, 0) is 20.2 Å². The molecule has 0 aliphatic carbocycles. The first-order chi connectivity index (χ1) is 20.1. The second-order valence-electron chi connectivity index (χ2n) is 9.61. The van der Waals surface area contributed by atoms with Crippen LogP contribution in [0.1, 0.15) is 0 Å². The number of hydrogen-bond donors (Lipinski definition) is 4. The van der Waals surface area contributed by atoms with E-state index in [-0.39, 0.29) is 15.2 Å². The monoisotopic (exact) mass is 596 g/mol. The van der Waals surface area contributed by atoms with Crippen molar-refractivity contribution in [2.75, 3.05) is 10.6 Å². The van der Waals surface area contributed by atoms with Crippen LogP contribution in [0.4, 0.5) is 22.7 Å². The first-order valence-corrected chi connectivity index (χ1v) is 15.7. The van der Waals surface area contributed by atoms with Gasteiger partial charge in [0.25, 0.3) is 20.2 Å². The Bertz CT molecular complexity index is 2190. The lowest BCUT2D eigenvalue weighted by molar-refractivity contribution is 0.482. The summed E-state index contributed by atoms with van der Waals surface area (Å²) in [5.41, 5.74) is 3.69. The van der Waals surface area contributed by atoms with Gasteiger partial charge in [-0.2, -0.15) is 16.8 Å². The van der Waals surface area contributed by atoms with Gasteiger partial charge in [-0.25, -0.2) is 0 Å². The van der Waals surface area contributed by atoms with Gasteiger partial charge in [0, 0.05) is 27.7 Å². The van der Waals surface area contributed by atoms with Crippen molar-refractivity contribution < 1.29 is 25.9 Å². The van der Waals surface area contributed by atoms with Gasteiger partial charge in [-0.1, -0.05) is 78.9 Å². The maximum Gasteiger partial charge on any atom is 0.295 e. The molecular weight excluding hydrogens is 572 g/mol. The highest BCUT2D eigenvalue weighted by molar-refractivity contribution is 7.86. The standard InChI is InChI=1S/C32H24N2O6S2/c35-41(36,37)29-18-8-14-23-24(29)15-7-16-25(23)31-26-17-9-19-30(42(38,39)40)27(26)20-28(33-21-10-3-1-4-11-21)32(31)34-22-12-5-2-6-13-22/h1-20,33-34H,(H,35,36,37)(H,38,39,40). The lowest BCUT2D eigenvalue weighted by Gasteiger charge is -2.23. The number of benzene rings is 6. The average molecular weight is 597 g/mol. The summed E-state index contributed by atoms with van der Waals surface area (Å²) in [5, 5.41) is 8.42. The van der Waals surface area contributed by atoms with E-state index in [9.17, 15) is 25.9 Å². The molecule has 6 aromatic carbocycles. The molecule has 0 bridgehead atoms. The summed E-state index contributed by atoms with van der Waals surface area (Å²) in [5.74, 6) is 0. The first kappa shape index (κ1) is 27.4. The van der Waals surface area contributed by atoms with Crippen molar-refractivity contribution in [1.82, 2.24) is 0 Å². The van der Waals surface area contributed by atoms with E-state index in [4.69, 9.17) is 0 Å². The van der Waals surface area contributed by atoms with Crippen molar-refractivity contribution in [2.24, 2.45) is 0 Å². The van der Waals surface area contributed by atoms with Gasteiger partial charge in [-0.15, -0.1) is 0 Å². The van der Waals surface area contributed by atoms with Crippen LogP contribution in [0.5, 0.6) is 0 Å². The van der Waals surface area contributed by atoms with E-state index in [1.807, 2.05) is 60.7 Å². The maximum absolute atomic E-state index is 12.5. The first-order valence-electron chi connectivity index (χ1n) is 12.8. The predicted octanol–water partition coefficient (Wildman–Crippen LogP) is 7.64. The van der Waals surface area contributed by atoms with Gasteiger partial charge in [0.15, 0.2) is 0 Å². The van der Waals surface area contributed by atoms with Gasteiger partial charge in [0.2, 0.25) is 0 Å². The van der Waals surface area contributed by atoms with Crippen molar-refractivity contribution in [1.29, 1.82) is 0 Å². The summed E-state index contributed by atoms with van der Waals surface area (Å²) < 4.78 is 69.7. The molecule has 210 valence electrons. The molecule has 0 aliphatic rings. The Labute approximate surface area is 242 Å². The number of anilines is 4. The lowest BCUT2D eigenvalue weighted by Crippen LogP contribution is -2.04. The van der Waals surface area contributed by atoms with Crippen LogP contribution in [0.25, 0.3) is 32.7 Å². The Kier molecular flexibility index (Phi) is 6.91. The topological polar surface area (TPSA) is 133 Å². The SMILES string of the molecule is O=S(=O)(O)c1cccc2c(-c3c(Nc4ccccc4)c(Nc4ccccc4)cc4c(S(=O)(=O)O)cccc34)cccc12. The smallest absolute Gasteiger partial charge is 0.295 e. The average Bonchev–Trinajstić information content (AvgIpc) is 2.97. The molecule has 10 heteroatoms. The molecule has 0 unspecified atom stereocenters. The number of fused-ring (bicyclic) bond motifs is 2. The van der Waals surface area contributed by atoms with E-state index in [1.165, 1.54) is 18.2 Å². The zero-order valence-electron chi connectivity index (χ0n) is 21.9. The van der Waals surface area contributed by atoms with Crippen molar-refractivity contribution >= 4 is 64.5 Å². The molecule has 0 aliphatic heterocycles. The Morgan fingerprint density at radius 1 is 0.476 bits per heavy atom. The van der Waals surface area contributed by atoms with Crippen LogP contribution in [0.3, 0.4) is 0 Å². The fourth-order valence-electron chi connectivity index (χ4n) is 5.20. The molecule has 0 heterocycles. The van der Waals surface area contributed by atoms with Crippen molar-refractivity contribution in [3.05, 3.63) is 121 Å². The van der Waals surface area contributed by atoms with Gasteiger partial charge >= 0.3 is 0 Å². The fraction of sp³-hybridized carbons (Fsp3) is 0. The molecule has 8 nitrogen and oxygen atoms in total. The highest BCUT2D eigenvalue weighted by atomic mass is 32.2. The summed E-state index contributed by atoms with van der Waals surface area (Å²) in [6.45, 7) is 0. The van der Waals surface area contributed by atoms with E-state index >= 15 is 0 Å². The van der Waals surface area contributed by atoms with Crippen LogP contribution in [0.15, 0.2) is 131 Å². The van der Waals surface area contributed by atoms with Crippen LogP contribution in [-0.4, -0.2) is 25.9 Å². The zero-order valence-corrected chi connectivity index (χ0v) is 23.5. The summed E-state index contributed by atoms with van der Waals surface area (Å²) in [7, 11) is -9.16. The second-order valence-corrected chi connectivity index (χ2v) is 12.4. The van der Waals surface area contributed by atoms with E-state index in [0.29, 0.717) is 38.7 Å². The Hall–Kier alpha value is -4.74. The van der Waals surface area contributed by atoms with Gasteiger partial charge in [0.05, 0.1) is 11.4 Å². The molecule has 0 saturated carbocycles. The van der Waals surface area contributed by atoms with Gasteiger partial charge in [-0.3, -0.25) is 9.11 Å². The molecule has 6 aromatic rings. The maximum atomic E-state index is 12.5. The Balaban J connectivity index is 1.78. The number of para-hydroxylation sites is 2. The van der Waals surface area contributed by atoms with Crippen molar-refractivity contribution in [3.63, 3.8) is 0 Å². The zero-order chi connectivity index (χ0) is 29.5. The third-order valence-electron chi connectivity index (χ3n) is 6.95. The summed E-state index contributed by atoms with van der Waals surface area (Å²) in [6.07, 6.45) is 0. The van der Waals surface area contributed by atoms with E-state index in [2.05, 4.69) is 10.6 Å². The second kappa shape index (κ2) is 10.6. The van der Waals surface area contributed by atoms with E-state index < -0.39 is 20.2 Å². The highest BCUT2D eigenvalue weighted by Gasteiger charge is 2.24. The molecular formula is C32H24N2O6S2. The third-order valence-corrected chi connectivity index (χ3v) is 8.77. The molecule has 0 saturated heterocycles. The van der Waals surface area contributed by atoms with Crippen LogP contribution < -0.4 is 10.6 Å². The number of rotatable bonds is 7. The van der Waals surface area contributed by atoms with Crippen molar-refractivity contribution in [3.8, 4) is 11.1 Å². The molecule has 0 spiro atoms. The van der Waals surface area contributed by atoms with Gasteiger partial charge in [-0.05, 0) is 58.8 Å². The number of nitrogens with one attached hydrogen (secondary N) is 2. The molecule has 0 atom stereocenters. The highest BCUT2D eigenvalue weighted by Crippen LogP contribution is 2.47. The molecule has 42 heavy (non-hydrogen) atoms. The molecule has 4 N–H and O–H groups in total. The molecule has 6 rings (SSSR count). The van der Waals surface area contributed by atoms with Gasteiger partial charge < -0.3 is 10.6 Å². The van der Waals surface area contributed by atoms with Crippen LogP contribution in [0.2, 0.25) is 0 Å². The summed E-state index contributed by atoms with van der Waals surface area (Å²) >= 11 is 0. The normalized spacial score (nSPS) is 12.0. The van der Waals surface area contributed by atoms with Gasteiger partial charge in [0.1, 0.15) is 9.79 Å². The lowest BCUT2D eigenvalue weighted by atomic mass is 9.91. The largest absolute Gasteiger partial charge is 0.354 e. The molecule has 0 amide bonds.